The lowest BCUT2D eigenvalue weighted by molar-refractivity contribution is 0.541. The molecule has 68 valence electrons. The van der Waals surface area contributed by atoms with E-state index in [1.165, 1.54) is 16.7 Å². The molecule has 1 heteroatoms. The minimum absolute atomic E-state index is 0.489. The van der Waals surface area contributed by atoms with Crippen molar-refractivity contribution in [1.29, 1.82) is 0 Å². The summed E-state index contributed by atoms with van der Waals surface area (Å²) < 4.78 is 0. The summed E-state index contributed by atoms with van der Waals surface area (Å²) in [6.07, 6.45) is 3.05. The molecule has 1 N–H and O–H groups in total. The van der Waals surface area contributed by atoms with Crippen molar-refractivity contribution in [3.8, 4) is 0 Å². The third-order valence-corrected chi connectivity index (χ3v) is 2.72. The molecule has 1 nitrogen and oxygen atoms in total. The molecule has 0 aromatic heterocycles. The second kappa shape index (κ2) is 3.35. The largest absolute Gasteiger partial charge is 0.310 e. The molecule has 0 saturated heterocycles. The van der Waals surface area contributed by atoms with Gasteiger partial charge in [0.05, 0.1) is 0 Å². The molecule has 13 heavy (non-hydrogen) atoms. The zero-order valence-corrected chi connectivity index (χ0v) is 8.01. The molecule has 0 aliphatic carbocycles. The van der Waals surface area contributed by atoms with Crippen molar-refractivity contribution in [3.05, 3.63) is 41.5 Å². The Balaban J connectivity index is 2.46. The van der Waals surface area contributed by atoms with Gasteiger partial charge in [0.2, 0.25) is 0 Å². The Kier molecular flexibility index (Phi) is 2.19. The van der Waals surface area contributed by atoms with Crippen LogP contribution in [-0.4, -0.2) is 6.54 Å². The number of nitrogens with one attached hydrogen (secondary N) is 1. The average molecular weight is 173 g/mol. The van der Waals surface area contributed by atoms with Crippen LogP contribution < -0.4 is 5.32 Å². The van der Waals surface area contributed by atoms with E-state index in [4.69, 9.17) is 0 Å². The third kappa shape index (κ3) is 1.52. The number of fused-ring (bicyclic) bond motifs is 1. The van der Waals surface area contributed by atoms with Gasteiger partial charge in [-0.25, -0.2) is 0 Å². The van der Waals surface area contributed by atoms with Crippen LogP contribution in [-0.2, 0) is 6.42 Å². The summed E-state index contributed by atoms with van der Waals surface area (Å²) in [6.45, 7) is 7.10. The Morgan fingerprint density at radius 1 is 1.54 bits per heavy atom. The molecule has 0 saturated carbocycles. The van der Waals surface area contributed by atoms with Crippen LogP contribution in [0.15, 0.2) is 24.8 Å². The summed E-state index contributed by atoms with van der Waals surface area (Å²) in [5.74, 6) is 0. The molecule has 0 bridgehead atoms. The first kappa shape index (κ1) is 8.52. The van der Waals surface area contributed by atoms with Crippen LogP contribution in [0.3, 0.4) is 0 Å². The fourth-order valence-corrected chi connectivity index (χ4v) is 1.90. The van der Waals surface area contributed by atoms with Crippen LogP contribution in [0, 0.1) is 0 Å². The van der Waals surface area contributed by atoms with Crippen LogP contribution in [0.1, 0.15) is 29.7 Å². The van der Waals surface area contributed by atoms with E-state index in [9.17, 15) is 0 Å². The monoisotopic (exact) mass is 173 g/mol. The normalized spacial score (nSPS) is 20.8. The predicted octanol–water partition coefficient (Wildman–Crippen LogP) is 2.54. The average Bonchev–Trinajstić information content (AvgIpc) is 2.18. The van der Waals surface area contributed by atoms with Gasteiger partial charge in [0, 0.05) is 6.04 Å². The number of hydrogen-bond donors (Lipinski definition) is 1. The summed E-state index contributed by atoms with van der Waals surface area (Å²) in [5, 5.41) is 3.46. The Hall–Kier alpha value is -1.08. The quantitative estimate of drug-likeness (QED) is 0.688. The summed E-state index contributed by atoms with van der Waals surface area (Å²) >= 11 is 0. The maximum absolute atomic E-state index is 3.78. The highest BCUT2D eigenvalue weighted by molar-refractivity contribution is 5.51. The fraction of sp³-hybridized carbons (Fsp3) is 0.333. The van der Waals surface area contributed by atoms with E-state index in [1.54, 1.807) is 0 Å². The molecule has 0 unspecified atom stereocenters. The Morgan fingerprint density at radius 3 is 3.15 bits per heavy atom. The summed E-state index contributed by atoms with van der Waals surface area (Å²) in [4.78, 5) is 0. The standard InChI is InChI=1S/C12H15N/c1-3-10-4-5-11-6-7-13-9(2)12(11)8-10/h3-5,8-9,13H,1,6-7H2,2H3/t9-/m1/s1. The zero-order valence-electron chi connectivity index (χ0n) is 8.01. The number of hydrogen-bond acceptors (Lipinski definition) is 1. The molecule has 0 fully saturated rings. The summed E-state index contributed by atoms with van der Waals surface area (Å²) in [6, 6.07) is 7.09. The summed E-state index contributed by atoms with van der Waals surface area (Å²) in [7, 11) is 0. The highest BCUT2D eigenvalue weighted by atomic mass is 14.9. The highest BCUT2D eigenvalue weighted by Crippen LogP contribution is 2.23. The van der Waals surface area contributed by atoms with Crippen molar-refractivity contribution in [2.45, 2.75) is 19.4 Å². The van der Waals surface area contributed by atoms with Crippen molar-refractivity contribution in [2.24, 2.45) is 0 Å². The van der Waals surface area contributed by atoms with E-state index < -0.39 is 0 Å². The van der Waals surface area contributed by atoms with Crippen molar-refractivity contribution in [3.63, 3.8) is 0 Å². The van der Waals surface area contributed by atoms with Crippen LogP contribution in [0.25, 0.3) is 6.08 Å². The lowest BCUT2D eigenvalue weighted by atomic mass is 9.93. The van der Waals surface area contributed by atoms with Crippen LogP contribution >= 0.6 is 0 Å². The van der Waals surface area contributed by atoms with E-state index >= 15 is 0 Å². The van der Waals surface area contributed by atoms with Crippen molar-refractivity contribution >= 4 is 6.08 Å². The maximum atomic E-state index is 3.78. The number of benzene rings is 1. The Morgan fingerprint density at radius 2 is 2.38 bits per heavy atom. The Labute approximate surface area is 79.5 Å². The minimum Gasteiger partial charge on any atom is -0.310 e. The molecular weight excluding hydrogens is 158 g/mol. The van der Waals surface area contributed by atoms with E-state index in [2.05, 4.69) is 37.0 Å². The smallest absolute Gasteiger partial charge is 0.0294 e. The molecule has 1 aliphatic heterocycles. The molecule has 0 radical (unpaired) electrons. The number of rotatable bonds is 1. The second-order valence-electron chi connectivity index (χ2n) is 3.59. The second-order valence-corrected chi connectivity index (χ2v) is 3.59. The molecule has 1 aliphatic rings. The van der Waals surface area contributed by atoms with Crippen LogP contribution in [0.2, 0.25) is 0 Å². The van der Waals surface area contributed by atoms with Crippen LogP contribution in [0.5, 0.6) is 0 Å². The molecule has 2 rings (SSSR count). The zero-order chi connectivity index (χ0) is 9.26. The first-order chi connectivity index (χ1) is 6.31. The van der Waals surface area contributed by atoms with Gasteiger partial charge in [-0.1, -0.05) is 24.8 Å². The van der Waals surface area contributed by atoms with Crippen molar-refractivity contribution in [2.75, 3.05) is 6.54 Å². The maximum Gasteiger partial charge on any atom is 0.0294 e. The van der Waals surface area contributed by atoms with Gasteiger partial charge in [-0.15, -0.1) is 0 Å². The van der Waals surface area contributed by atoms with E-state index in [-0.39, 0.29) is 0 Å². The fourth-order valence-electron chi connectivity index (χ4n) is 1.90. The van der Waals surface area contributed by atoms with Gasteiger partial charge in [0.25, 0.3) is 0 Å². The molecule has 0 spiro atoms. The van der Waals surface area contributed by atoms with Gasteiger partial charge >= 0.3 is 0 Å². The molecule has 1 aromatic carbocycles. The van der Waals surface area contributed by atoms with Gasteiger partial charge in [-0.3, -0.25) is 0 Å². The summed E-state index contributed by atoms with van der Waals surface area (Å²) in [5.41, 5.74) is 4.13. The topological polar surface area (TPSA) is 12.0 Å². The Bertz CT molecular complexity index is 328. The van der Waals surface area contributed by atoms with Gasteiger partial charge < -0.3 is 5.32 Å². The SMILES string of the molecule is C=Cc1ccc2c(c1)[C@@H](C)NCC2. The molecule has 1 aromatic rings. The first-order valence-corrected chi connectivity index (χ1v) is 4.80. The van der Waals surface area contributed by atoms with Gasteiger partial charge in [0.15, 0.2) is 0 Å². The first-order valence-electron chi connectivity index (χ1n) is 4.80. The predicted molar refractivity (Wildman–Crippen MR) is 56.7 cm³/mol. The van der Waals surface area contributed by atoms with Crippen molar-refractivity contribution in [1.82, 2.24) is 5.32 Å². The van der Waals surface area contributed by atoms with Crippen LogP contribution in [0.4, 0.5) is 0 Å². The highest BCUT2D eigenvalue weighted by Gasteiger charge is 2.14. The molecule has 1 atom stereocenters. The lowest BCUT2D eigenvalue weighted by Gasteiger charge is -2.24. The van der Waals surface area contributed by atoms with Crippen molar-refractivity contribution < 1.29 is 0 Å². The van der Waals surface area contributed by atoms with E-state index in [1.807, 2.05) is 6.08 Å². The molecular formula is C12H15N. The molecule has 0 amide bonds. The van der Waals surface area contributed by atoms with Gasteiger partial charge in [-0.05, 0) is 42.6 Å². The third-order valence-electron chi connectivity index (χ3n) is 2.72. The minimum atomic E-state index is 0.489. The lowest BCUT2D eigenvalue weighted by Crippen LogP contribution is -2.27. The molecule has 1 heterocycles. The van der Waals surface area contributed by atoms with E-state index in [0.717, 1.165) is 13.0 Å². The van der Waals surface area contributed by atoms with Gasteiger partial charge in [0.1, 0.15) is 0 Å². The van der Waals surface area contributed by atoms with Gasteiger partial charge in [-0.2, -0.15) is 0 Å². The van der Waals surface area contributed by atoms with E-state index in [0.29, 0.717) is 6.04 Å².